The summed E-state index contributed by atoms with van der Waals surface area (Å²) in [5, 5.41) is 3.36. The third-order valence-electron chi connectivity index (χ3n) is 4.39. The van der Waals surface area contributed by atoms with Gasteiger partial charge in [0.15, 0.2) is 0 Å². The molecule has 0 amide bonds. The Morgan fingerprint density at radius 3 is 2.07 bits per heavy atom. The maximum absolute atomic E-state index is 12.5. The molecule has 2 N–H and O–H groups in total. The average Bonchev–Trinajstić information content (AvgIpc) is 2.67. The molecule has 5 nitrogen and oxygen atoms in total. The third-order valence-corrected chi connectivity index (χ3v) is 5.79. The Labute approximate surface area is 160 Å². The summed E-state index contributed by atoms with van der Waals surface area (Å²) in [4.78, 5) is 0.181. The van der Waals surface area contributed by atoms with Crippen LogP contribution >= 0.6 is 0 Å². The lowest BCUT2D eigenvalue weighted by Crippen LogP contribution is -2.12. The van der Waals surface area contributed by atoms with Crippen LogP contribution in [0.4, 0.5) is 17.1 Å². The SMILES string of the molecule is COc1ccc(S(=O)(=O)Nc2ccc(Nc3cccc(C)c3C)cc2)cc1. The van der Waals surface area contributed by atoms with Crippen LogP contribution in [0.1, 0.15) is 11.1 Å². The number of aryl methyl sites for hydroxylation is 1. The van der Waals surface area contributed by atoms with Gasteiger partial charge >= 0.3 is 0 Å². The second kappa shape index (κ2) is 7.72. The topological polar surface area (TPSA) is 67.4 Å². The number of sulfonamides is 1. The zero-order chi connectivity index (χ0) is 19.4. The highest BCUT2D eigenvalue weighted by molar-refractivity contribution is 7.92. The van der Waals surface area contributed by atoms with Crippen molar-refractivity contribution in [2.45, 2.75) is 18.7 Å². The molecule has 0 bridgehead atoms. The monoisotopic (exact) mass is 382 g/mol. The standard InChI is InChI=1S/C21H22N2O3S/c1-15-5-4-6-21(16(15)2)22-17-7-9-18(10-8-17)23-27(24,25)20-13-11-19(26-3)12-14-20/h4-14,22-23H,1-3H3. The van der Waals surface area contributed by atoms with Crippen molar-refractivity contribution < 1.29 is 13.2 Å². The van der Waals surface area contributed by atoms with Crippen molar-refractivity contribution in [2.75, 3.05) is 17.1 Å². The summed E-state index contributed by atoms with van der Waals surface area (Å²) in [6, 6.07) is 19.5. The number of benzene rings is 3. The number of ether oxygens (including phenoxy) is 1. The Morgan fingerprint density at radius 2 is 1.44 bits per heavy atom. The van der Waals surface area contributed by atoms with Crippen molar-refractivity contribution in [3.05, 3.63) is 77.9 Å². The van der Waals surface area contributed by atoms with Crippen LogP contribution in [0.15, 0.2) is 71.6 Å². The van der Waals surface area contributed by atoms with E-state index < -0.39 is 10.0 Å². The fraction of sp³-hybridized carbons (Fsp3) is 0.143. The van der Waals surface area contributed by atoms with Gasteiger partial charge in [0, 0.05) is 17.1 Å². The molecule has 0 unspecified atom stereocenters. The van der Waals surface area contributed by atoms with Crippen LogP contribution in [0, 0.1) is 13.8 Å². The number of hydrogen-bond acceptors (Lipinski definition) is 4. The molecule has 0 saturated heterocycles. The minimum atomic E-state index is -3.65. The summed E-state index contributed by atoms with van der Waals surface area (Å²) in [5.41, 5.74) is 4.81. The molecule has 3 rings (SSSR count). The first-order valence-corrected chi connectivity index (χ1v) is 9.97. The van der Waals surface area contributed by atoms with Crippen molar-refractivity contribution in [2.24, 2.45) is 0 Å². The summed E-state index contributed by atoms with van der Waals surface area (Å²) < 4.78 is 32.6. The van der Waals surface area contributed by atoms with Crippen LogP contribution in [-0.2, 0) is 10.0 Å². The van der Waals surface area contributed by atoms with E-state index in [4.69, 9.17) is 4.74 Å². The van der Waals surface area contributed by atoms with E-state index in [-0.39, 0.29) is 4.90 Å². The van der Waals surface area contributed by atoms with Crippen LogP contribution < -0.4 is 14.8 Å². The van der Waals surface area contributed by atoms with Gasteiger partial charge in [-0.1, -0.05) is 12.1 Å². The molecular weight excluding hydrogens is 360 g/mol. The molecule has 3 aromatic rings. The maximum Gasteiger partial charge on any atom is 0.261 e. The fourth-order valence-corrected chi connectivity index (χ4v) is 3.69. The van der Waals surface area contributed by atoms with E-state index in [0.717, 1.165) is 11.4 Å². The van der Waals surface area contributed by atoms with Crippen LogP contribution in [0.2, 0.25) is 0 Å². The Kier molecular flexibility index (Phi) is 5.37. The van der Waals surface area contributed by atoms with E-state index in [1.165, 1.54) is 30.4 Å². The molecule has 0 spiro atoms. The van der Waals surface area contributed by atoms with Gasteiger partial charge in [-0.25, -0.2) is 8.42 Å². The Morgan fingerprint density at radius 1 is 0.815 bits per heavy atom. The van der Waals surface area contributed by atoms with Crippen molar-refractivity contribution in [3.8, 4) is 5.75 Å². The Hall–Kier alpha value is -2.99. The quantitative estimate of drug-likeness (QED) is 0.639. The zero-order valence-corrected chi connectivity index (χ0v) is 16.3. The summed E-state index contributed by atoms with van der Waals surface area (Å²) in [6.07, 6.45) is 0. The van der Waals surface area contributed by atoms with Gasteiger partial charge < -0.3 is 10.1 Å². The minimum Gasteiger partial charge on any atom is -0.497 e. The highest BCUT2D eigenvalue weighted by Crippen LogP contribution is 2.25. The largest absolute Gasteiger partial charge is 0.497 e. The summed E-state index contributed by atoms with van der Waals surface area (Å²) in [7, 11) is -2.11. The normalized spacial score (nSPS) is 11.1. The molecule has 0 heterocycles. The van der Waals surface area contributed by atoms with Crippen molar-refractivity contribution in [1.82, 2.24) is 0 Å². The van der Waals surface area contributed by atoms with Gasteiger partial charge in [0.2, 0.25) is 0 Å². The minimum absolute atomic E-state index is 0.181. The molecule has 6 heteroatoms. The van der Waals surface area contributed by atoms with E-state index in [1.807, 2.05) is 24.3 Å². The second-order valence-corrected chi connectivity index (χ2v) is 7.91. The molecule has 0 aliphatic heterocycles. The van der Waals surface area contributed by atoms with Gasteiger partial charge in [-0.3, -0.25) is 4.72 Å². The lowest BCUT2D eigenvalue weighted by atomic mass is 10.1. The molecule has 0 atom stereocenters. The zero-order valence-electron chi connectivity index (χ0n) is 15.5. The van der Waals surface area contributed by atoms with E-state index in [2.05, 4.69) is 30.0 Å². The van der Waals surface area contributed by atoms with Gasteiger partial charge in [-0.05, 0) is 79.6 Å². The molecule has 140 valence electrons. The molecular formula is C21H22N2O3S. The summed E-state index contributed by atoms with van der Waals surface area (Å²) in [6.45, 7) is 4.13. The first-order valence-electron chi connectivity index (χ1n) is 8.49. The molecule has 0 aliphatic rings. The van der Waals surface area contributed by atoms with Gasteiger partial charge in [0.25, 0.3) is 10.0 Å². The first-order chi connectivity index (χ1) is 12.9. The summed E-state index contributed by atoms with van der Waals surface area (Å²) >= 11 is 0. The third kappa shape index (κ3) is 4.41. The van der Waals surface area contributed by atoms with E-state index in [1.54, 1.807) is 24.3 Å². The van der Waals surface area contributed by atoms with E-state index in [9.17, 15) is 8.42 Å². The van der Waals surface area contributed by atoms with Gasteiger partial charge in [0.05, 0.1) is 12.0 Å². The Balaban J connectivity index is 1.74. The smallest absolute Gasteiger partial charge is 0.261 e. The average molecular weight is 382 g/mol. The number of hydrogen-bond donors (Lipinski definition) is 2. The number of rotatable bonds is 6. The lowest BCUT2D eigenvalue weighted by molar-refractivity contribution is 0.414. The number of nitrogens with one attached hydrogen (secondary N) is 2. The molecule has 3 aromatic carbocycles. The maximum atomic E-state index is 12.5. The fourth-order valence-electron chi connectivity index (χ4n) is 2.63. The predicted molar refractivity (Wildman–Crippen MR) is 109 cm³/mol. The van der Waals surface area contributed by atoms with E-state index in [0.29, 0.717) is 11.4 Å². The van der Waals surface area contributed by atoms with Crippen molar-refractivity contribution in [1.29, 1.82) is 0 Å². The van der Waals surface area contributed by atoms with Gasteiger partial charge in [-0.2, -0.15) is 0 Å². The summed E-state index contributed by atoms with van der Waals surface area (Å²) in [5.74, 6) is 0.607. The highest BCUT2D eigenvalue weighted by Gasteiger charge is 2.14. The molecule has 0 aliphatic carbocycles. The van der Waals surface area contributed by atoms with Crippen molar-refractivity contribution in [3.63, 3.8) is 0 Å². The van der Waals surface area contributed by atoms with Crippen LogP contribution in [0.25, 0.3) is 0 Å². The molecule has 27 heavy (non-hydrogen) atoms. The van der Waals surface area contributed by atoms with Crippen LogP contribution in [0.3, 0.4) is 0 Å². The Bertz CT molecular complexity index is 1030. The molecule has 0 radical (unpaired) electrons. The number of anilines is 3. The van der Waals surface area contributed by atoms with Crippen LogP contribution in [0.5, 0.6) is 5.75 Å². The van der Waals surface area contributed by atoms with Crippen LogP contribution in [-0.4, -0.2) is 15.5 Å². The highest BCUT2D eigenvalue weighted by atomic mass is 32.2. The number of methoxy groups -OCH3 is 1. The first kappa shape index (κ1) is 18.8. The van der Waals surface area contributed by atoms with Gasteiger partial charge in [0.1, 0.15) is 5.75 Å². The predicted octanol–water partition coefficient (Wildman–Crippen LogP) is 4.86. The lowest BCUT2D eigenvalue weighted by Gasteiger charge is -2.13. The van der Waals surface area contributed by atoms with E-state index >= 15 is 0 Å². The van der Waals surface area contributed by atoms with Crippen molar-refractivity contribution >= 4 is 27.1 Å². The van der Waals surface area contributed by atoms with Gasteiger partial charge in [-0.15, -0.1) is 0 Å². The molecule has 0 fully saturated rings. The molecule has 0 aromatic heterocycles. The second-order valence-electron chi connectivity index (χ2n) is 6.23. The molecule has 0 saturated carbocycles.